The Bertz CT molecular complexity index is 768. The number of fused-ring (bicyclic) bond motifs is 3. The maximum Gasteiger partial charge on any atom is 0.263 e. The van der Waals surface area contributed by atoms with Crippen LogP contribution in [0.2, 0.25) is 0 Å². The van der Waals surface area contributed by atoms with Crippen molar-refractivity contribution in [1.82, 2.24) is 14.8 Å². The fourth-order valence-corrected chi connectivity index (χ4v) is 2.93. The minimum atomic E-state index is -0.213. The van der Waals surface area contributed by atoms with E-state index >= 15 is 0 Å². The molecular weight excluding hydrogens is 278 g/mol. The van der Waals surface area contributed by atoms with Gasteiger partial charge in [-0.15, -0.1) is 0 Å². The predicted octanol–water partition coefficient (Wildman–Crippen LogP) is 2.09. The zero-order valence-electron chi connectivity index (χ0n) is 13.1. The number of benzene rings is 1. The van der Waals surface area contributed by atoms with Crippen LogP contribution < -0.4 is 0 Å². The smallest absolute Gasteiger partial charge is 0.263 e. The molecule has 2 aromatic rings. The van der Waals surface area contributed by atoms with Crippen molar-refractivity contribution in [2.24, 2.45) is 0 Å². The van der Waals surface area contributed by atoms with Crippen molar-refractivity contribution >= 4 is 22.7 Å². The summed E-state index contributed by atoms with van der Waals surface area (Å²) < 4.78 is 0. The molecule has 0 aliphatic carbocycles. The first kappa shape index (κ1) is 14.7. The van der Waals surface area contributed by atoms with E-state index in [0.717, 1.165) is 23.9 Å². The van der Waals surface area contributed by atoms with Crippen molar-refractivity contribution in [1.29, 1.82) is 0 Å². The summed E-state index contributed by atoms with van der Waals surface area (Å²) in [6.45, 7) is 3.07. The maximum atomic E-state index is 12.7. The van der Waals surface area contributed by atoms with E-state index in [9.17, 15) is 9.59 Å². The van der Waals surface area contributed by atoms with Crippen molar-refractivity contribution in [3.05, 3.63) is 41.1 Å². The Morgan fingerprint density at radius 3 is 2.50 bits per heavy atom. The third kappa shape index (κ3) is 2.27. The quantitative estimate of drug-likeness (QED) is 0.811. The highest BCUT2D eigenvalue weighted by molar-refractivity contribution is 6.26. The Balaban J connectivity index is 2.02. The number of aryl methyl sites for hydroxylation is 1. The highest BCUT2D eigenvalue weighted by Gasteiger charge is 2.38. The van der Waals surface area contributed by atoms with Gasteiger partial charge in [0.05, 0.1) is 22.3 Å². The van der Waals surface area contributed by atoms with Gasteiger partial charge in [0.1, 0.15) is 0 Å². The number of rotatable bonds is 4. The van der Waals surface area contributed by atoms with Crippen LogP contribution in [0.4, 0.5) is 0 Å². The van der Waals surface area contributed by atoms with Gasteiger partial charge in [-0.1, -0.05) is 18.2 Å². The van der Waals surface area contributed by atoms with Gasteiger partial charge in [-0.25, -0.2) is 0 Å². The van der Waals surface area contributed by atoms with Crippen LogP contribution in [-0.2, 0) is 0 Å². The topological polar surface area (TPSA) is 53.5 Å². The van der Waals surface area contributed by atoms with Crippen molar-refractivity contribution in [2.75, 3.05) is 27.2 Å². The molecular formula is C17H19N3O2. The van der Waals surface area contributed by atoms with E-state index in [4.69, 9.17) is 0 Å². The standard InChI is InChI=1S/C17H19N3O2/c1-11-14-15(12-7-4-5-8-13(12)18-11)17(22)20(16(14)21)10-6-9-19(2)3/h4-5,7-8H,6,9-10H2,1-3H3. The molecule has 1 aromatic carbocycles. The van der Waals surface area contributed by atoms with E-state index in [1.807, 2.05) is 43.3 Å². The number of carbonyl (C=O) groups excluding carboxylic acids is 2. The summed E-state index contributed by atoms with van der Waals surface area (Å²) in [6, 6.07) is 7.48. The van der Waals surface area contributed by atoms with Crippen molar-refractivity contribution < 1.29 is 9.59 Å². The minimum Gasteiger partial charge on any atom is -0.309 e. The molecule has 2 amide bonds. The number of imide groups is 1. The van der Waals surface area contributed by atoms with Gasteiger partial charge >= 0.3 is 0 Å². The van der Waals surface area contributed by atoms with Crippen molar-refractivity contribution in [3.63, 3.8) is 0 Å². The fraction of sp³-hybridized carbons (Fsp3) is 0.353. The fourth-order valence-electron chi connectivity index (χ4n) is 2.93. The molecule has 1 aromatic heterocycles. The van der Waals surface area contributed by atoms with Crippen LogP contribution in [0.25, 0.3) is 10.9 Å². The van der Waals surface area contributed by atoms with E-state index in [1.54, 1.807) is 6.92 Å². The molecule has 0 saturated heterocycles. The van der Waals surface area contributed by atoms with E-state index in [1.165, 1.54) is 4.90 Å². The molecule has 1 aliphatic rings. The second-order valence-corrected chi connectivity index (χ2v) is 5.88. The third-order valence-corrected chi connectivity index (χ3v) is 3.98. The van der Waals surface area contributed by atoms with E-state index in [-0.39, 0.29) is 11.8 Å². The minimum absolute atomic E-state index is 0.194. The molecule has 0 fully saturated rings. The second-order valence-electron chi connectivity index (χ2n) is 5.88. The van der Waals surface area contributed by atoms with E-state index < -0.39 is 0 Å². The summed E-state index contributed by atoms with van der Waals surface area (Å²) in [5.41, 5.74) is 2.36. The number of aromatic nitrogens is 1. The van der Waals surface area contributed by atoms with Gasteiger partial charge in [-0.05, 0) is 40.1 Å². The van der Waals surface area contributed by atoms with Crippen molar-refractivity contribution in [2.45, 2.75) is 13.3 Å². The number of amides is 2. The van der Waals surface area contributed by atoms with Crippen LogP contribution in [0.15, 0.2) is 24.3 Å². The Morgan fingerprint density at radius 2 is 1.77 bits per heavy atom. The van der Waals surface area contributed by atoms with Gasteiger partial charge < -0.3 is 4.90 Å². The predicted molar refractivity (Wildman–Crippen MR) is 85.0 cm³/mol. The number of carbonyl (C=O) groups is 2. The van der Waals surface area contributed by atoms with Crippen LogP contribution in [0, 0.1) is 6.92 Å². The SMILES string of the molecule is Cc1nc2ccccc2c2c1C(=O)N(CCCN(C)C)C2=O. The number of nitrogens with zero attached hydrogens (tertiary/aromatic N) is 3. The highest BCUT2D eigenvalue weighted by atomic mass is 16.2. The summed E-state index contributed by atoms with van der Waals surface area (Å²) in [6.07, 6.45) is 0.767. The number of pyridine rings is 1. The van der Waals surface area contributed by atoms with Gasteiger partial charge in [0.15, 0.2) is 0 Å². The first-order valence-corrected chi connectivity index (χ1v) is 7.41. The molecule has 0 radical (unpaired) electrons. The average Bonchev–Trinajstić information content (AvgIpc) is 2.72. The lowest BCUT2D eigenvalue weighted by molar-refractivity contribution is 0.0650. The number of hydrogen-bond acceptors (Lipinski definition) is 4. The highest BCUT2D eigenvalue weighted by Crippen LogP contribution is 2.31. The summed E-state index contributed by atoms with van der Waals surface area (Å²) in [5.74, 6) is -0.407. The number of hydrogen-bond donors (Lipinski definition) is 0. The lowest BCUT2D eigenvalue weighted by Gasteiger charge is -2.15. The zero-order chi connectivity index (χ0) is 15.9. The Morgan fingerprint density at radius 1 is 1.09 bits per heavy atom. The van der Waals surface area contributed by atoms with Gasteiger partial charge in [-0.2, -0.15) is 0 Å². The molecule has 0 N–H and O–H groups in total. The molecule has 2 heterocycles. The third-order valence-electron chi connectivity index (χ3n) is 3.98. The summed E-state index contributed by atoms with van der Waals surface area (Å²) >= 11 is 0. The molecule has 5 nitrogen and oxygen atoms in total. The average molecular weight is 297 g/mol. The molecule has 1 aliphatic heterocycles. The molecule has 3 rings (SSSR count). The zero-order valence-corrected chi connectivity index (χ0v) is 13.1. The van der Waals surface area contributed by atoms with Crippen LogP contribution in [0.3, 0.4) is 0 Å². The van der Waals surface area contributed by atoms with Crippen LogP contribution >= 0.6 is 0 Å². The number of para-hydroxylation sites is 1. The van der Waals surface area contributed by atoms with E-state index in [2.05, 4.69) is 4.98 Å². The van der Waals surface area contributed by atoms with Gasteiger partial charge in [0.25, 0.3) is 11.8 Å². The van der Waals surface area contributed by atoms with Crippen LogP contribution in [0.1, 0.15) is 32.8 Å². The van der Waals surface area contributed by atoms with E-state index in [0.29, 0.717) is 23.4 Å². The normalized spacial score (nSPS) is 14.3. The van der Waals surface area contributed by atoms with Gasteiger partial charge in [0, 0.05) is 11.9 Å². The summed E-state index contributed by atoms with van der Waals surface area (Å²) in [5, 5.41) is 0.761. The molecule has 22 heavy (non-hydrogen) atoms. The van der Waals surface area contributed by atoms with Gasteiger partial charge in [-0.3, -0.25) is 19.5 Å². The molecule has 114 valence electrons. The van der Waals surface area contributed by atoms with Crippen molar-refractivity contribution in [3.8, 4) is 0 Å². The largest absolute Gasteiger partial charge is 0.309 e. The lowest BCUT2D eigenvalue weighted by Crippen LogP contribution is -2.32. The van der Waals surface area contributed by atoms with Gasteiger partial charge in [0.2, 0.25) is 0 Å². The monoisotopic (exact) mass is 297 g/mol. The maximum absolute atomic E-state index is 12.7. The summed E-state index contributed by atoms with van der Waals surface area (Å²) in [7, 11) is 3.95. The Labute approximate surface area is 129 Å². The van der Waals surface area contributed by atoms with Crippen LogP contribution in [0.5, 0.6) is 0 Å². The lowest BCUT2D eigenvalue weighted by atomic mass is 10.0. The second kappa shape index (κ2) is 5.50. The molecule has 0 spiro atoms. The first-order valence-electron chi connectivity index (χ1n) is 7.41. The molecule has 0 unspecified atom stereocenters. The first-order chi connectivity index (χ1) is 10.5. The summed E-state index contributed by atoms with van der Waals surface area (Å²) in [4.78, 5) is 33.2. The van der Waals surface area contributed by atoms with Crippen LogP contribution in [-0.4, -0.2) is 53.8 Å². The Hall–Kier alpha value is -2.27. The molecule has 0 saturated carbocycles. The molecule has 5 heteroatoms. The molecule has 0 bridgehead atoms. The Kier molecular flexibility index (Phi) is 3.66. The molecule has 0 atom stereocenters.